The number of nitrogens with zero attached hydrogens (tertiary/aromatic N) is 2. The van der Waals surface area contributed by atoms with E-state index >= 15 is 0 Å². The lowest BCUT2D eigenvalue weighted by molar-refractivity contribution is 0.270. The summed E-state index contributed by atoms with van der Waals surface area (Å²) in [7, 11) is 1.95. The Morgan fingerprint density at radius 3 is 3.12 bits per heavy atom. The Bertz CT molecular complexity index is 351. The topological polar surface area (TPSA) is 28.2 Å². The van der Waals surface area contributed by atoms with Crippen molar-refractivity contribution in [2.45, 2.75) is 32.7 Å². The standard InChI is InChI=1S/C14H23N3/c1-12-4-3-8-17(9-6-12)11-14-10-13(15-2)5-7-16-14/h5,7,10,12H,3-4,6,8-9,11H2,1-2H3,(H,15,16). The summed E-state index contributed by atoms with van der Waals surface area (Å²) in [5.74, 6) is 0.886. The summed E-state index contributed by atoms with van der Waals surface area (Å²) >= 11 is 0. The molecule has 94 valence electrons. The molecule has 3 heteroatoms. The molecule has 1 N–H and O–H groups in total. The summed E-state index contributed by atoms with van der Waals surface area (Å²) in [6.07, 6.45) is 5.92. The van der Waals surface area contributed by atoms with Crippen molar-refractivity contribution in [3.63, 3.8) is 0 Å². The first-order valence-electron chi connectivity index (χ1n) is 6.63. The lowest BCUT2D eigenvalue weighted by Gasteiger charge is -2.19. The smallest absolute Gasteiger partial charge is 0.0564 e. The molecule has 2 rings (SSSR count). The lowest BCUT2D eigenvalue weighted by atomic mass is 10.0. The molecule has 1 aliphatic rings. The van der Waals surface area contributed by atoms with E-state index in [0.29, 0.717) is 0 Å². The maximum absolute atomic E-state index is 4.45. The molecule has 1 unspecified atom stereocenters. The fourth-order valence-electron chi connectivity index (χ4n) is 2.43. The average molecular weight is 233 g/mol. The third kappa shape index (κ3) is 3.70. The molecule has 1 aromatic rings. The Morgan fingerprint density at radius 1 is 1.41 bits per heavy atom. The van der Waals surface area contributed by atoms with Crippen molar-refractivity contribution in [3.8, 4) is 0 Å². The lowest BCUT2D eigenvalue weighted by Crippen LogP contribution is -2.24. The zero-order chi connectivity index (χ0) is 12.1. The van der Waals surface area contributed by atoms with Crippen LogP contribution < -0.4 is 5.32 Å². The van der Waals surface area contributed by atoms with Gasteiger partial charge in [-0.05, 0) is 50.4 Å². The zero-order valence-electron chi connectivity index (χ0n) is 10.9. The van der Waals surface area contributed by atoms with Gasteiger partial charge in [-0.15, -0.1) is 0 Å². The summed E-state index contributed by atoms with van der Waals surface area (Å²) < 4.78 is 0. The highest BCUT2D eigenvalue weighted by atomic mass is 15.1. The van der Waals surface area contributed by atoms with Crippen molar-refractivity contribution in [2.24, 2.45) is 5.92 Å². The zero-order valence-corrected chi connectivity index (χ0v) is 10.9. The van der Waals surface area contributed by atoms with E-state index in [1.54, 1.807) is 0 Å². The molecule has 1 aromatic heterocycles. The van der Waals surface area contributed by atoms with Crippen LogP contribution in [0.4, 0.5) is 5.69 Å². The first-order valence-corrected chi connectivity index (χ1v) is 6.63. The number of nitrogens with one attached hydrogen (secondary N) is 1. The highest BCUT2D eigenvalue weighted by Crippen LogP contribution is 2.18. The van der Waals surface area contributed by atoms with Crippen molar-refractivity contribution in [2.75, 3.05) is 25.5 Å². The second-order valence-corrected chi connectivity index (χ2v) is 5.10. The maximum Gasteiger partial charge on any atom is 0.0564 e. The second kappa shape index (κ2) is 6.01. The quantitative estimate of drug-likeness (QED) is 0.870. The number of aromatic nitrogens is 1. The minimum atomic E-state index is 0.886. The van der Waals surface area contributed by atoms with E-state index < -0.39 is 0 Å². The number of pyridine rings is 1. The Kier molecular flexibility index (Phi) is 4.37. The van der Waals surface area contributed by atoms with E-state index in [-0.39, 0.29) is 0 Å². The van der Waals surface area contributed by atoms with Crippen LogP contribution in [-0.2, 0) is 6.54 Å². The molecule has 1 fully saturated rings. The molecule has 1 atom stereocenters. The molecule has 0 aliphatic carbocycles. The first kappa shape index (κ1) is 12.4. The van der Waals surface area contributed by atoms with E-state index in [9.17, 15) is 0 Å². The molecule has 2 heterocycles. The Labute approximate surface area is 104 Å². The highest BCUT2D eigenvalue weighted by molar-refractivity contribution is 5.42. The van der Waals surface area contributed by atoms with Gasteiger partial charge in [0.05, 0.1) is 5.69 Å². The van der Waals surface area contributed by atoms with Gasteiger partial charge in [0, 0.05) is 25.5 Å². The molecule has 0 spiro atoms. The van der Waals surface area contributed by atoms with Gasteiger partial charge in [0.15, 0.2) is 0 Å². The van der Waals surface area contributed by atoms with Crippen molar-refractivity contribution in [1.82, 2.24) is 9.88 Å². The normalized spacial score (nSPS) is 22.1. The summed E-state index contributed by atoms with van der Waals surface area (Å²) in [6, 6.07) is 4.16. The fraction of sp³-hybridized carbons (Fsp3) is 0.643. The van der Waals surface area contributed by atoms with Gasteiger partial charge in [0.1, 0.15) is 0 Å². The second-order valence-electron chi connectivity index (χ2n) is 5.10. The van der Waals surface area contributed by atoms with Crippen LogP contribution in [0.15, 0.2) is 18.3 Å². The summed E-state index contributed by atoms with van der Waals surface area (Å²) in [5, 5.41) is 3.17. The van der Waals surface area contributed by atoms with Crippen molar-refractivity contribution >= 4 is 5.69 Å². The Hall–Kier alpha value is -1.09. The molecule has 3 nitrogen and oxygen atoms in total. The van der Waals surface area contributed by atoms with Crippen LogP contribution in [0.25, 0.3) is 0 Å². The van der Waals surface area contributed by atoms with Gasteiger partial charge in [-0.25, -0.2) is 0 Å². The molecular weight excluding hydrogens is 210 g/mol. The summed E-state index contributed by atoms with van der Waals surface area (Å²) in [6.45, 7) is 5.79. The van der Waals surface area contributed by atoms with E-state index in [2.05, 4.69) is 28.2 Å². The van der Waals surface area contributed by atoms with Gasteiger partial charge in [0.2, 0.25) is 0 Å². The molecule has 1 aliphatic heterocycles. The van der Waals surface area contributed by atoms with Gasteiger partial charge < -0.3 is 5.32 Å². The molecule has 0 saturated carbocycles. The number of hydrogen-bond acceptors (Lipinski definition) is 3. The molecule has 1 saturated heterocycles. The molecule has 17 heavy (non-hydrogen) atoms. The van der Waals surface area contributed by atoms with Crippen LogP contribution in [0.1, 0.15) is 31.9 Å². The summed E-state index contributed by atoms with van der Waals surface area (Å²) in [5.41, 5.74) is 2.32. The molecule has 0 amide bonds. The number of hydrogen-bond donors (Lipinski definition) is 1. The van der Waals surface area contributed by atoms with Crippen molar-refractivity contribution in [1.29, 1.82) is 0 Å². The van der Waals surface area contributed by atoms with Crippen LogP contribution in [0.2, 0.25) is 0 Å². The SMILES string of the molecule is CNc1ccnc(CN2CCCC(C)CC2)c1. The number of likely N-dealkylation sites (tertiary alicyclic amines) is 1. The predicted octanol–water partition coefficient (Wildman–Crippen LogP) is 2.75. The van der Waals surface area contributed by atoms with Crippen LogP contribution in [0.5, 0.6) is 0 Å². The van der Waals surface area contributed by atoms with Crippen LogP contribution in [0, 0.1) is 5.92 Å². The predicted molar refractivity (Wildman–Crippen MR) is 72.1 cm³/mol. The molecule has 0 bridgehead atoms. The molecular formula is C14H23N3. The molecule has 0 radical (unpaired) electrons. The molecule has 0 aromatic carbocycles. The van der Waals surface area contributed by atoms with Gasteiger partial charge in [0.25, 0.3) is 0 Å². The fourth-order valence-corrected chi connectivity index (χ4v) is 2.43. The van der Waals surface area contributed by atoms with E-state index in [1.165, 1.54) is 38.0 Å². The van der Waals surface area contributed by atoms with E-state index in [4.69, 9.17) is 0 Å². The van der Waals surface area contributed by atoms with Crippen LogP contribution in [0.3, 0.4) is 0 Å². The maximum atomic E-state index is 4.45. The van der Waals surface area contributed by atoms with E-state index in [0.717, 1.165) is 18.2 Å². The number of rotatable bonds is 3. The minimum Gasteiger partial charge on any atom is -0.388 e. The van der Waals surface area contributed by atoms with E-state index in [1.807, 2.05) is 19.3 Å². The third-order valence-corrected chi connectivity index (χ3v) is 3.60. The summed E-state index contributed by atoms with van der Waals surface area (Å²) in [4.78, 5) is 6.98. The Morgan fingerprint density at radius 2 is 2.29 bits per heavy atom. The third-order valence-electron chi connectivity index (χ3n) is 3.60. The van der Waals surface area contributed by atoms with Crippen LogP contribution in [-0.4, -0.2) is 30.0 Å². The average Bonchev–Trinajstić information content (AvgIpc) is 2.55. The minimum absolute atomic E-state index is 0.886. The number of anilines is 1. The van der Waals surface area contributed by atoms with Crippen molar-refractivity contribution in [3.05, 3.63) is 24.0 Å². The highest BCUT2D eigenvalue weighted by Gasteiger charge is 2.14. The largest absolute Gasteiger partial charge is 0.388 e. The monoisotopic (exact) mass is 233 g/mol. The van der Waals surface area contributed by atoms with Gasteiger partial charge in [-0.3, -0.25) is 9.88 Å². The Balaban J connectivity index is 1.94. The van der Waals surface area contributed by atoms with Crippen LogP contribution >= 0.6 is 0 Å². The van der Waals surface area contributed by atoms with Crippen molar-refractivity contribution < 1.29 is 0 Å². The van der Waals surface area contributed by atoms with Gasteiger partial charge in [-0.2, -0.15) is 0 Å². The first-order chi connectivity index (χ1) is 8.28. The van der Waals surface area contributed by atoms with Gasteiger partial charge >= 0.3 is 0 Å². The van der Waals surface area contributed by atoms with Gasteiger partial charge in [-0.1, -0.05) is 6.92 Å².